The van der Waals surface area contributed by atoms with Crippen LogP contribution in [0, 0.1) is 0 Å². The van der Waals surface area contributed by atoms with Crippen molar-refractivity contribution in [3.63, 3.8) is 0 Å². The number of fused-ring (bicyclic) bond motifs is 1. The molecule has 1 unspecified atom stereocenters. The molecule has 1 aromatic carbocycles. The molecule has 2 rings (SSSR count). The number of carbonyl (C=O) groups is 2. The van der Waals surface area contributed by atoms with Crippen molar-refractivity contribution < 1.29 is 19.4 Å². The second-order valence-electron chi connectivity index (χ2n) is 9.77. The molecule has 196 valence electrons. The van der Waals surface area contributed by atoms with Crippen LogP contribution in [-0.2, 0) is 4.79 Å². The highest BCUT2D eigenvalue weighted by molar-refractivity contribution is 5.88. The number of aromatic nitrogens is 1. The first-order valence-corrected chi connectivity index (χ1v) is 13.8. The molecule has 6 nitrogen and oxygen atoms in total. The summed E-state index contributed by atoms with van der Waals surface area (Å²) >= 11 is 0. The molecule has 0 aliphatic carbocycles. The fourth-order valence-electron chi connectivity index (χ4n) is 4.91. The third kappa shape index (κ3) is 11.2. The lowest BCUT2D eigenvalue weighted by Gasteiger charge is -2.19. The SMILES string of the molecule is CCCCCCCCCCCCCCCCCC(NC(C)=O)c1c(OC(=O)O)[nH]c2ccccc12. The molecule has 1 heterocycles. The van der Waals surface area contributed by atoms with Crippen LogP contribution in [0.1, 0.15) is 128 Å². The van der Waals surface area contributed by atoms with Gasteiger partial charge < -0.3 is 20.1 Å². The number of ether oxygens (including phenoxy) is 1. The lowest BCUT2D eigenvalue weighted by atomic mass is 9.98. The van der Waals surface area contributed by atoms with Crippen molar-refractivity contribution in [2.24, 2.45) is 0 Å². The van der Waals surface area contributed by atoms with Gasteiger partial charge >= 0.3 is 6.16 Å². The number of nitrogens with one attached hydrogen (secondary N) is 2. The van der Waals surface area contributed by atoms with E-state index in [1.807, 2.05) is 24.3 Å². The summed E-state index contributed by atoms with van der Waals surface area (Å²) in [6.07, 6.45) is 19.0. The molecular weight excluding hydrogens is 440 g/mol. The Morgan fingerprint density at radius 2 is 1.37 bits per heavy atom. The number of hydrogen-bond donors (Lipinski definition) is 3. The number of aromatic amines is 1. The fraction of sp³-hybridized carbons (Fsp3) is 0.655. The minimum atomic E-state index is -1.37. The number of hydrogen-bond acceptors (Lipinski definition) is 3. The second-order valence-corrected chi connectivity index (χ2v) is 9.77. The van der Waals surface area contributed by atoms with Crippen LogP contribution >= 0.6 is 0 Å². The number of rotatable bonds is 19. The zero-order valence-corrected chi connectivity index (χ0v) is 21.9. The molecule has 0 aliphatic rings. The van der Waals surface area contributed by atoms with Crippen molar-refractivity contribution in [2.75, 3.05) is 0 Å². The third-order valence-electron chi connectivity index (χ3n) is 6.72. The zero-order valence-electron chi connectivity index (χ0n) is 21.9. The van der Waals surface area contributed by atoms with Crippen molar-refractivity contribution in [1.29, 1.82) is 0 Å². The third-order valence-corrected chi connectivity index (χ3v) is 6.72. The quantitative estimate of drug-likeness (QED) is 0.137. The van der Waals surface area contributed by atoms with Crippen LogP contribution in [0.2, 0.25) is 0 Å². The van der Waals surface area contributed by atoms with Crippen molar-refractivity contribution in [3.8, 4) is 5.88 Å². The van der Waals surface area contributed by atoms with E-state index in [2.05, 4.69) is 17.2 Å². The van der Waals surface area contributed by atoms with Gasteiger partial charge in [0.25, 0.3) is 0 Å². The highest BCUT2D eigenvalue weighted by atomic mass is 16.7. The normalized spacial score (nSPS) is 12.1. The second kappa shape index (κ2) is 17.0. The Balaban J connectivity index is 1.70. The Morgan fingerprint density at radius 1 is 0.857 bits per heavy atom. The van der Waals surface area contributed by atoms with Crippen LogP contribution in [-0.4, -0.2) is 22.2 Å². The molecule has 1 aromatic heterocycles. The molecule has 0 radical (unpaired) electrons. The minimum Gasteiger partial charge on any atom is -0.449 e. The number of carboxylic acid groups (broad SMARTS) is 1. The number of H-pyrrole nitrogens is 1. The highest BCUT2D eigenvalue weighted by Crippen LogP contribution is 2.36. The lowest BCUT2D eigenvalue weighted by Crippen LogP contribution is -2.26. The molecule has 6 heteroatoms. The fourth-order valence-corrected chi connectivity index (χ4v) is 4.91. The van der Waals surface area contributed by atoms with E-state index in [1.54, 1.807) is 0 Å². The van der Waals surface area contributed by atoms with Gasteiger partial charge in [-0.15, -0.1) is 0 Å². The molecule has 1 amide bonds. The van der Waals surface area contributed by atoms with Crippen molar-refractivity contribution in [1.82, 2.24) is 10.3 Å². The smallest absolute Gasteiger partial charge is 0.449 e. The van der Waals surface area contributed by atoms with E-state index in [0.717, 1.165) is 30.2 Å². The predicted octanol–water partition coefficient (Wildman–Crippen LogP) is 8.66. The maximum Gasteiger partial charge on any atom is 0.512 e. The molecule has 0 saturated carbocycles. The van der Waals surface area contributed by atoms with E-state index in [1.165, 1.54) is 90.4 Å². The molecular formula is C29H46N2O4. The average Bonchev–Trinajstić information content (AvgIpc) is 3.17. The summed E-state index contributed by atoms with van der Waals surface area (Å²) in [5.74, 6) is 0.0564. The molecule has 35 heavy (non-hydrogen) atoms. The molecule has 0 spiro atoms. The van der Waals surface area contributed by atoms with E-state index in [-0.39, 0.29) is 17.8 Å². The van der Waals surface area contributed by atoms with Crippen LogP contribution in [0.3, 0.4) is 0 Å². The first kappa shape index (κ1) is 28.7. The van der Waals surface area contributed by atoms with Gasteiger partial charge in [0.05, 0.1) is 6.04 Å². The standard InChI is InChI=1S/C29H46N2O4/c1-3-4-5-6-7-8-9-10-11-12-13-14-15-16-17-22-26(30-23(2)32)27-24-20-18-19-21-25(24)31-28(27)35-29(33)34/h18-21,26,31H,3-17,22H2,1-2H3,(H,30,32)(H,33,34). The van der Waals surface area contributed by atoms with Gasteiger partial charge in [-0.05, 0) is 12.5 Å². The Morgan fingerprint density at radius 3 is 1.89 bits per heavy atom. The van der Waals surface area contributed by atoms with Crippen molar-refractivity contribution >= 4 is 23.0 Å². The summed E-state index contributed by atoms with van der Waals surface area (Å²) in [5.41, 5.74) is 1.51. The van der Waals surface area contributed by atoms with Gasteiger partial charge in [-0.25, -0.2) is 4.79 Å². The van der Waals surface area contributed by atoms with Gasteiger partial charge in [0.15, 0.2) is 0 Å². The van der Waals surface area contributed by atoms with Crippen molar-refractivity contribution in [3.05, 3.63) is 29.8 Å². The van der Waals surface area contributed by atoms with E-state index < -0.39 is 6.16 Å². The minimum absolute atomic E-state index is 0.137. The van der Waals surface area contributed by atoms with Crippen LogP contribution in [0.5, 0.6) is 5.88 Å². The van der Waals surface area contributed by atoms with E-state index in [0.29, 0.717) is 5.56 Å². The number of carbonyl (C=O) groups excluding carboxylic acids is 1. The largest absolute Gasteiger partial charge is 0.512 e. The van der Waals surface area contributed by atoms with E-state index in [4.69, 9.17) is 9.84 Å². The summed E-state index contributed by atoms with van der Waals surface area (Å²) in [4.78, 5) is 26.2. The number of para-hydroxylation sites is 1. The molecule has 0 saturated heterocycles. The molecule has 0 aliphatic heterocycles. The van der Waals surface area contributed by atoms with Crippen molar-refractivity contribution in [2.45, 2.75) is 123 Å². The number of unbranched alkanes of at least 4 members (excludes halogenated alkanes) is 14. The van der Waals surface area contributed by atoms with Gasteiger partial charge in [-0.3, -0.25) is 4.79 Å². The van der Waals surface area contributed by atoms with Gasteiger partial charge in [0.2, 0.25) is 11.8 Å². The maximum absolute atomic E-state index is 11.9. The summed E-state index contributed by atoms with van der Waals surface area (Å²) in [6, 6.07) is 7.31. The molecule has 3 N–H and O–H groups in total. The van der Waals surface area contributed by atoms with E-state index >= 15 is 0 Å². The van der Waals surface area contributed by atoms with Crippen LogP contribution in [0.25, 0.3) is 10.9 Å². The summed E-state index contributed by atoms with van der Waals surface area (Å²) < 4.78 is 5.03. The van der Waals surface area contributed by atoms with Crippen LogP contribution in [0.4, 0.5) is 4.79 Å². The zero-order chi connectivity index (χ0) is 25.3. The summed E-state index contributed by atoms with van der Waals surface area (Å²) in [5, 5.41) is 13.1. The average molecular weight is 487 g/mol. The summed E-state index contributed by atoms with van der Waals surface area (Å²) in [7, 11) is 0. The number of benzene rings is 1. The maximum atomic E-state index is 11.9. The number of amides is 1. The molecule has 0 fully saturated rings. The van der Waals surface area contributed by atoms with Gasteiger partial charge in [0.1, 0.15) is 0 Å². The Bertz CT molecular complexity index is 877. The lowest BCUT2D eigenvalue weighted by molar-refractivity contribution is -0.119. The van der Waals surface area contributed by atoms with Gasteiger partial charge in [-0.2, -0.15) is 0 Å². The summed E-state index contributed by atoms with van der Waals surface area (Å²) in [6.45, 7) is 3.76. The van der Waals surface area contributed by atoms with Crippen LogP contribution in [0.15, 0.2) is 24.3 Å². The van der Waals surface area contributed by atoms with Gasteiger partial charge in [-0.1, -0.05) is 121 Å². The van der Waals surface area contributed by atoms with Gasteiger partial charge in [0, 0.05) is 23.4 Å². The van der Waals surface area contributed by atoms with Crippen LogP contribution < -0.4 is 10.1 Å². The molecule has 2 aromatic rings. The predicted molar refractivity (Wildman–Crippen MR) is 143 cm³/mol. The Labute approximate surface area is 211 Å². The topological polar surface area (TPSA) is 91.4 Å². The first-order valence-electron chi connectivity index (χ1n) is 13.8. The highest BCUT2D eigenvalue weighted by Gasteiger charge is 2.24. The van der Waals surface area contributed by atoms with E-state index in [9.17, 15) is 9.59 Å². The monoisotopic (exact) mass is 486 g/mol. The Hall–Kier alpha value is -2.50. The molecule has 1 atom stereocenters. The Kier molecular flexibility index (Phi) is 14.0. The molecule has 0 bridgehead atoms. The first-order chi connectivity index (χ1) is 17.0.